The molecule has 0 radical (unpaired) electrons. The molecule has 0 aliphatic heterocycles. The number of halogens is 1. The molecule has 2 aromatic carbocycles. The average molecular weight is 533 g/mol. The molecule has 0 spiro atoms. The first kappa shape index (κ1) is 29.7. The number of carbonyl (C=O) groups is 3. The van der Waals surface area contributed by atoms with Crippen molar-refractivity contribution in [2.24, 2.45) is 0 Å². The normalized spacial score (nSPS) is 12.4. The van der Waals surface area contributed by atoms with Crippen molar-refractivity contribution in [3.05, 3.63) is 70.4 Å². The smallest absolute Gasteiger partial charge is 0.307 e. The molecule has 0 heterocycles. The van der Waals surface area contributed by atoms with E-state index in [4.69, 9.17) is 35.3 Å². The number of ether oxygens (including phenoxy) is 5. The molecule has 0 aromatic heterocycles. The van der Waals surface area contributed by atoms with Gasteiger partial charge >= 0.3 is 17.9 Å². The Morgan fingerprint density at radius 1 is 0.892 bits per heavy atom. The number of rotatable bonds is 12. The summed E-state index contributed by atoms with van der Waals surface area (Å²) in [5, 5.41) is 0. The number of hydrogen-bond donors (Lipinski definition) is 0. The molecule has 0 aliphatic carbocycles. The monoisotopic (exact) mass is 532 g/mol. The van der Waals surface area contributed by atoms with Gasteiger partial charge in [-0.05, 0) is 41.8 Å². The van der Waals surface area contributed by atoms with Gasteiger partial charge in [0.2, 0.25) is 0 Å². The number of hydrogen-bond acceptors (Lipinski definition) is 8. The third-order valence-corrected chi connectivity index (χ3v) is 5.72. The molecule has 0 unspecified atom stereocenters. The van der Waals surface area contributed by atoms with Crippen LogP contribution < -0.4 is 9.47 Å². The van der Waals surface area contributed by atoms with Crippen molar-refractivity contribution in [1.82, 2.24) is 0 Å². The van der Waals surface area contributed by atoms with Crippen molar-refractivity contribution >= 4 is 29.5 Å². The Bertz CT molecular complexity index is 1120. The summed E-state index contributed by atoms with van der Waals surface area (Å²) in [5.74, 6) is 0.0676. The fraction of sp³-hybridized carbons (Fsp3) is 0.393. The highest BCUT2D eigenvalue weighted by Gasteiger charge is 2.24. The van der Waals surface area contributed by atoms with Crippen LogP contribution in [0.4, 0.5) is 0 Å². The number of benzene rings is 2. The van der Waals surface area contributed by atoms with Gasteiger partial charge in [0.1, 0.15) is 31.3 Å². The van der Waals surface area contributed by atoms with Crippen LogP contribution in [-0.4, -0.2) is 43.8 Å². The van der Waals surface area contributed by atoms with Crippen LogP contribution in [0.5, 0.6) is 11.5 Å². The molecule has 200 valence electrons. The fourth-order valence-corrected chi connectivity index (χ4v) is 3.61. The molecule has 0 N–H and O–H groups in total. The molecular formula is C28H33ClO8. The van der Waals surface area contributed by atoms with Crippen molar-refractivity contribution < 1.29 is 38.1 Å². The van der Waals surface area contributed by atoms with Gasteiger partial charge in [-0.2, -0.15) is 0 Å². The molecule has 37 heavy (non-hydrogen) atoms. The summed E-state index contributed by atoms with van der Waals surface area (Å²) in [6.45, 7) is 10.0. The van der Waals surface area contributed by atoms with E-state index in [1.165, 1.54) is 26.3 Å². The number of carbonyl (C=O) groups excluding carboxylic acids is 3. The van der Waals surface area contributed by atoms with E-state index in [1.54, 1.807) is 0 Å². The maximum absolute atomic E-state index is 11.3. The molecule has 0 saturated heterocycles. The largest absolute Gasteiger partial charge is 0.490 e. The average Bonchev–Trinajstić information content (AvgIpc) is 2.83. The van der Waals surface area contributed by atoms with Crippen molar-refractivity contribution in [3.8, 4) is 11.5 Å². The highest BCUT2D eigenvalue weighted by atomic mass is 35.5. The molecule has 0 amide bonds. The van der Waals surface area contributed by atoms with E-state index in [-0.39, 0.29) is 31.0 Å². The zero-order valence-corrected chi connectivity index (χ0v) is 22.7. The lowest BCUT2D eigenvalue weighted by molar-refractivity contribution is -0.158. The predicted molar refractivity (Wildman–Crippen MR) is 139 cm³/mol. The maximum Gasteiger partial charge on any atom is 0.307 e. The van der Waals surface area contributed by atoms with Gasteiger partial charge in [-0.15, -0.1) is 0 Å². The molecule has 0 aliphatic rings. The standard InChI is InChI=1S/C28H33ClO8/c1-18-13-23(9-12-27(18)35-15-25(14-29)36-20(3)31)28(5,6)22-7-10-24(11-8-22)34-17-26(37-21(4)32)16-33-19(2)30/h7-14,26H,15-17H2,1-6H3/b25-14-/t26-/m0/s1. The molecular weight excluding hydrogens is 500 g/mol. The first-order valence-electron chi connectivity index (χ1n) is 11.7. The number of esters is 3. The second-order valence-corrected chi connectivity index (χ2v) is 9.15. The van der Waals surface area contributed by atoms with E-state index in [9.17, 15) is 14.4 Å². The minimum Gasteiger partial charge on any atom is -0.490 e. The van der Waals surface area contributed by atoms with Crippen LogP contribution in [0.1, 0.15) is 51.3 Å². The lowest BCUT2D eigenvalue weighted by Gasteiger charge is -2.27. The van der Waals surface area contributed by atoms with Gasteiger partial charge in [0.05, 0.1) is 0 Å². The van der Waals surface area contributed by atoms with Crippen LogP contribution in [-0.2, 0) is 34.0 Å². The Morgan fingerprint density at radius 2 is 1.54 bits per heavy atom. The van der Waals surface area contributed by atoms with E-state index in [1.807, 2.05) is 49.4 Å². The molecule has 1 atom stereocenters. The number of aryl methyl sites for hydroxylation is 1. The van der Waals surface area contributed by atoms with Crippen LogP contribution >= 0.6 is 11.6 Å². The van der Waals surface area contributed by atoms with Crippen molar-refractivity contribution in [3.63, 3.8) is 0 Å². The van der Waals surface area contributed by atoms with Crippen molar-refractivity contribution in [2.45, 2.75) is 53.1 Å². The summed E-state index contributed by atoms with van der Waals surface area (Å²) in [6, 6.07) is 13.5. The van der Waals surface area contributed by atoms with E-state index in [0.717, 1.165) is 16.7 Å². The molecule has 0 fully saturated rings. The van der Waals surface area contributed by atoms with Crippen molar-refractivity contribution in [1.29, 1.82) is 0 Å². The quantitative estimate of drug-likeness (QED) is 0.208. The van der Waals surface area contributed by atoms with Crippen LogP contribution in [0.15, 0.2) is 53.8 Å². The third-order valence-electron chi connectivity index (χ3n) is 5.48. The minimum atomic E-state index is -0.703. The van der Waals surface area contributed by atoms with E-state index in [2.05, 4.69) is 13.8 Å². The Morgan fingerprint density at radius 3 is 2.08 bits per heavy atom. The van der Waals surface area contributed by atoms with Gasteiger partial charge in [0.15, 0.2) is 11.9 Å². The fourth-order valence-electron chi connectivity index (χ4n) is 3.50. The summed E-state index contributed by atoms with van der Waals surface area (Å²) >= 11 is 5.70. The van der Waals surface area contributed by atoms with Gasteiger partial charge in [-0.25, -0.2) is 0 Å². The third kappa shape index (κ3) is 9.46. The Kier molecular flexibility index (Phi) is 11.0. The van der Waals surface area contributed by atoms with Gasteiger partial charge < -0.3 is 23.7 Å². The topological polar surface area (TPSA) is 97.4 Å². The lowest BCUT2D eigenvalue weighted by atomic mass is 9.77. The highest BCUT2D eigenvalue weighted by Crippen LogP contribution is 2.35. The summed E-state index contributed by atoms with van der Waals surface area (Å²) in [6.07, 6.45) is -0.703. The zero-order valence-electron chi connectivity index (χ0n) is 22.0. The summed E-state index contributed by atoms with van der Waals surface area (Å²) < 4.78 is 26.6. The molecule has 2 aromatic rings. The van der Waals surface area contributed by atoms with Gasteiger partial charge in [0, 0.05) is 31.7 Å². The molecule has 2 rings (SSSR count). The molecule has 8 nitrogen and oxygen atoms in total. The van der Waals surface area contributed by atoms with Crippen molar-refractivity contribution in [2.75, 3.05) is 19.8 Å². The summed E-state index contributed by atoms with van der Waals surface area (Å²) in [7, 11) is 0. The lowest BCUT2D eigenvalue weighted by Crippen LogP contribution is -2.29. The molecule has 0 bridgehead atoms. The maximum atomic E-state index is 11.3. The van der Waals surface area contributed by atoms with E-state index >= 15 is 0 Å². The second-order valence-electron chi connectivity index (χ2n) is 8.93. The zero-order chi connectivity index (χ0) is 27.6. The SMILES string of the molecule is CC(=O)OC[C@@H](COc1ccc(C(C)(C)c2ccc(OC/C(=C/Cl)OC(C)=O)c(C)c2)cc1)OC(C)=O. The molecule has 0 saturated carbocycles. The van der Waals surface area contributed by atoms with Crippen LogP contribution in [0.3, 0.4) is 0 Å². The Balaban J connectivity index is 2.07. The van der Waals surface area contributed by atoms with Crippen LogP contribution in [0.25, 0.3) is 0 Å². The Hall–Kier alpha value is -3.52. The highest BCUT2D eigenvalue weighted by molar-refractivity contribution is 6.25. The first-order valence-corrected chi connectivity index (χ1v) is 12.1. The predicted octanol–water partition coefficient (Wildman–Crippen LogP) is 5.22. The first-order chi connectivity index (χ1) is 17.4. The van der Waals surface area contributed by atoms with Gasteiger partial charge in [-0.3, -0.25) is 14.4 Å². The second kappa shape index (κ2) is 13.7. The van der Waals surface area contributed by atoms with Gasteiger partial charge in [0.25, 0.3) is 0 Å². The minimum absolute atomic E-state index is 0.0350. The van der Waals surface area contributed by atoms with E-state index in [0.29, 0.717) is 11.5 Å². The van der Waals surface area contributed by atoms with E-state index < -0.39 is 24.0 Å². The summed E-state index contributed by atoms with van der Waals surface area (Å²) in [5.41, 5.74) is 3.92. The Labute approximate surface area is 222 Å². The molecule has 9 heteroatoms. The summed E-state index contributed by atoms with van der Waals surface area (Å²) in [4.78, 5) is 33.5. The van der Waals surface area contributed by atoms with Crippen LogP contribution in [0, 0.1) is 6.92 Å². The van der Waals surface area contributed by atoms with Crippen LogP contribution in [0.2, 0.25) is 0 Å². The van der Waals surface area contributed by atoms with Gasteiger partial charge in [-0.1, -0.05) is 49.7 Å².